The van der Waals surface area contributed by atoms with Gasteiger partial charge < -0.3 is 26.0 Å². The second kappa shape index (κ2) is 13.0. The fourth-order valence-corrected chi connectivity index (χ4v) is 5.09. The average molecular weight is 625 g/mol. The lowest BCUT2D eigenvalue weighted by atomic mass is 10.0. The highest BCUT2D eigenvalue weighted by atomic mass is 19.4. The monoisotopic (exact) mass is 624 g/mol. The van der Waals surface area contributed by atoms with Gasteiger partial charge in [0.05, 0.1) is 35.8 Å². The molecule has 0 bridgehead atoms. The highest BCUT2D eigenvalue weighted by molar-refractivity contribution is 5.99. The molecule has 0 radical (unpaired) electrons. The third-order valence-corrected chi connectivity index (χ3v) is 7.08. The molecule has 4 N–H and O–H groups in total. The molecule has 0 unspecified atom stereocenters. The molecule has 0 aliphatic carbocycles. The number of imidazole rings is 1. The summed E-state index contributed by atoms with van der Waals surface area (Å²) in [6, 6.07) is 4.72. The first-order valence-corrected chi connectivity index (χ1v) is 13.8. The summed E-state index contributed by atoms with van der Waals surface area (Å²) in [5.74, 6) is -0.760. The Morgan fingerprint density at radius 3 is 2.80 bits per heavy atom. The SMILES string of the molecule is CCc1c(C(=O)NCC(=O)N[C@@H]2CCNC2)ccc(Nc2nccn3c(-c4cn(CC#N)nc4C(F)(F)F)cnc23)c1OC=O. The number of fused-ring (bicyclic) bond motifs is 1. The van der Waals surface area contributed by atoms with Crippen molar-refractivity contribution >= 4 is 35.4 Å². The van der Waals surface area contributed by atoms with Gasteiger partial charge in [0, 0.05) is 42.3 Å². The molecular weight excluding hydrogens is 597 g/mol. The summed E-state index contributed by atoms with van der Waals surface area (Å²) in [4.78, 5) is 45.4. The third kappa shape index (κ3) is 6.55. The van der Waals surface area contributed by atoms with Crippen LogP contribution in [-0.4, -0.2) is 68.1 Å². The van der Waals surface area contributed by atoms with Crippen LogP contribution in [0.2, 0.25) is 0 Å². The fraction of sp³-hybridized carbons (Fsp3) is 0.321. The van der Waals surface area contributed by atoms with Crippen LogP contribution in [0.25, 0.3) is 16.9 Å². The standard InChI is InChI=1S/C28H27F3N10O4/c1-2-17-18(27(44)36-13-22(43)37-16-5-7-33-11-16)3-4-20(23(17)45-15-42)38-25-26-35-12-21(41(26)10-8-34-25)19-14-40(9-6-32)39-24(19)28(29,30)31/h3-4,8,10,12,14-16,33H,2,5,7,9,11,13H2,1H3,(H,34,38)(H,36,44)(H,37,43)/t16-/m1/s1. The van der Waals surface area contributed by atoms with Crippen molar-refractivity contribution in [1.29, 1.82) is 5.26 Å². The van der Waals surface area contributed by atoms with Gasteiger partial charge in [0.15, 0.2) is 22.9 Å². The van der Waals surface area contributed by atoms with E-state index in [1.807, 2.05) is 0 Å². The number of benzene rings is 1. The van der Waals surface area contributed by atoms with E-state index in [2.05, 4.69) is 36.3 Å². The lowest BCUT2D eigenvalue weighted by Gasteiger charge is -2.17. The maximum absolute atomic E-state index is 13.8. The van der Waals surface area contributed by atoms with Gasteiger partial charge in [0.25, 0.3) is 12.4 Å². The molecule has 1 aliphatic heterocycles. The molecule has 17 heteroatoms. The summed E-state index contributed by atoms with van der Waals surface area (Å²) in [6.07, 6.45) is 1.35. The summed E-state index contributed by atoms with van der Waals surface area (Å²) >= 11 is 0. The normalized spacial score (nSPS) is 14.6. The van der Waals surface area contributed by atoms with Gasteiger partial charge in [0.2, 0.25) is 5.91 Å². The second-order valence-electron chi connectivity index (χ2n) is 9.96. The van der Waals surface area contributed by atoms with Crippen LogP contribution in [0.3, 0.4) is 0 Å². The minimum absolute atomic E-state index is 0.00394. The molecule has 1 aliphatic rings. The van der Waals surface area contributed by atoms with E-state index in [-0.39, 0.29) is 77.7 Å². The summed E-state index contributed by atoms with van der Waals surface area (Å²) in [7, 11) is 0. The summed E-state index contributed by atoms with van der Waals surface area (Å²) in [5.41, 5.74) is -0.518. The first-order chi connectivity index (χ1) is 21.6. The van der Waals surface area contributed by atoms with Crippen LogP contribution in [0.15, 0.2) is 36.9 Å². The number of nitrogens with zero attached hydrogens (tertiary/aromatic N) is 6. The minimum atomic E-state index is -4.79. The van der Waals surface area contributed by atoms with Gasteiger partial charge in [-0.3, -0.25) is 23.5 Å². The highest BCUT2D eigenvalue weighted by Crippen LogP contribution is 2.38. The number of nitriles is 1. The van der Waals surface area contributed by atoms with Gasteiger partial charge in [-0.05, 0) is 31.5 Å². The zero-order valence-corrected chi connectivity index (χ0v) is 23.8. The Morgan fingerprint density at radius 2 is 2.11 bits per heavy atom. The van der Waals surface area contributed by atoms with E-state index in [4.69, 9.17) is 10.00 Å². The van der Waals surface area contributed by atoms with Gasteiger partial charge in [-0.2, -0.15) is 23.5 Å². The number of anilines is 2. The molecule has 1 atom stereocenters. The second-order valence-corrected chi connectivity index (χ2v) is 9.96. The van der Waals surface area contributed by atoms with Crippen molar-refractivity contribution < 1.29 is 32.3 Å². The maximum atomic E-state index is 13.8. The van der Waals surface area contributed by atoms with Gasteiger partial charge in [-0.1, -0.05) is 6.92 Å². The van der Waals surface area contributed by atoms with Crippen molar-refractivity contribution in [1.82, 2.24) is 40.1 Å². The molecule has 1 aromatic carbocycles. The van der Waals surface area contributed by atoms with Crippen LogP contribution in [0, 0.1) is 11.3 Å². The van der Waals surface area contributed by atoms with Gasteiger partial charge in [0.1, 0.15) is 6.54 Å². The maximum Gasteiger partial charge on any atom is 0.435 e. The van der Waals surface area contributed by atoms with Crippen molar-refractivity contribution in [2.45, 2.75) is 38.5 Å². The van der Waals surface area contributed by atoms with Crippen LogP contribution in [0.1, 0.15) is 35.0 Å². The van der Waals surface area contributed by atoms with E-state index in [0.29, 0.717) is 12.1 Å². The van der Waals surface area contributed by atoms with E-state index in [0.717, 1.165) is 23.8 Å². The number of alkyl halides is 3. The average Bonchev–Trinajstić information content (AvgIpc) is 3.77. The molecule has 0 spiro atoms. The predicted molar refractivity (Wildman–Crippen MR) is 152 cm³/mol. The molecule has 4 heterocycles. The molecule has 5 rings (SSSR count). The van der Waals surface area contributed by atoms with Gasteiger partial charge >= 0.3 is 6.18 Å². The fourth-order valence-electron chi connectivity index (χ4n) is 5.09. The van der Waals surface area contributed by atoms with E-state index >= 15 is 0 Å². The van der Waals surface area contributed by atoms with Crippen molar-refractivity contribution in [2.24, 2.45) is 0 Å². The number of carbonyl (C=O) groups excluding carboxylic acids is 3. The van der Waals surface area contributed by atoms with Crippen molar-refractivity contribution in [3.8, 4) is 23.1 Å². The molecule has 0 saturated carbocycles. The smallest absolute Gasteiger partial charge is 0.426 e. The van der Waals surface area contributed by atoms with Crippen molar-refractivity contribution in [3.63, 3.8) is 0 Å². The number of aromatic nitrogens is 5. The molecule has 4 aromatic rings. The lowest BCUT2D eigenvalue weighted by molar-refractivity contribution is -0.141. The number of amides is 2. The highest BCUT2D eigenvalue weighted by Gasteiger charge is 2.38. The number of rotatable bonds is 11. The molecular formula is C28H27F3N10O4. The van der Waals surface area contributed by atoms with E-state index in [1.165, 1.54) is 35.1 Å². The molecule has 3 aromatic heterocycles. The Bertz CT molecular complexity index is 1790. The number of carbonyl (C=O) groups is 3. The molecule has 2 amide bonds. The Kier molecular flexibility index (Phi) is 8.95. The number of halogens is 3. The first-order valence-electron chi connectivity index (χ1n) is 13.8. The molecule has 14 nitrogen and oxygen atoms in total. The zero-order valence-electron chi connectivity index (χ0n) is 23.8. The minimum Gasteiger partial charge on any atom is -0.426 e. The predicted octanol–water partition coefficient (Wildman–Crippen LogP) is 2.18. The van der Waals surface area contributed by atoms with Crippen molar-refractivity contribution in [2.75, 3.05) is 25.0 Å². The topological polar surface area (TPSA) is 180 Å². The molecule has 1 saturated heterocycles. The lowest BCUT2D eigenvalue weighted by Crippen LogP contribution is -2.42. The molecule has 1 fully saturated rings. The number of ether oxygens (including phenoxy) is 1. The Labute approximate surface area is 253 Å². The third-order valence-electron chi connectivity index (χ3n) is 7.08. The largest absolute Gasteiger partial charge is 0.435 e. The summed E-state index contributed by atoms with van der Waals surface area (Å²) in [6.45, 7) is 2.78. The first kappa shape index (κ1) is 30.9. The summed E-state index contributed by atoms with van der Waals surface area (Å²) < 4.78 is 48.9. The van der Waals surface area contributed by atoms with Crippen LogP contribution in [0.5, 0.6) is 5.75 Å². The number of hydrogen-bond donors (Lipinski definition) is 4. The van der Waals surface area contributed by atoms with Crippen molar-refractivity contribution in [3.05, 3.63) is 53.7 Å². The Hall–Kier alpha value is -5.50. The van der Waals surface area contributed by atoms with Crippen LogP contribution < -0.4 is 26.0 Å². The Morgan fingerprint density at radius 1 is 1.29 bits per heavy atom. The van der Waals surface area contributed by atoms with E-state index in [1.54, 1.807) is 13.0 Å². The van der Waals surface area contributed by atoms with Crippen LogP contribution in [0.4, 0.5) is 24.7 Å². The number of nitrogens with one attached hydrogen (secondary N) is 4. The van der Waals surface area contributed by atoms with Crippen LogP contribution >= 0.6 is 0 Å². The van der Waals surface area contributed by atoms with E-state index < -0.39 is 17.8 Å². The summed E-state index contributed by atoms with van der Waals surface area (Å²) in [5, 5.41) is 24.0. The van der Waals surface area contributed by atoms with E-state index in [9.17, 15) is 27.6 Å². The van der Waals surface area contributed by atoms with Gasteiger partial charge in [-0.15, -0.1) is 0 Å². The Balaban J connectivity index is 1.44. The molecule has 234 valence electrons. The quantitative estimate of drug-likeness (QED) is 0.181. The molecule has 45 heavy (non-hydrogen) atoms. The zero-order chi connectivity index (χ0) is 32.1. The van der Waals surface area contributed by atoms with Gasteiger partial charge in [-0.25, -0.2) is 9.97 Å². The number of hydrogen-bond acceptors (Lipinski definition) is 10. The van der Waals surface area contributed by atoms with Crippen LogP contribution in [-0.2, 0) is 28.7 Å².